The van der Waals surface area contributed by atoms with E-state index in [0.29, 0.717) is 6.54 Å². The van der Waals surface area contributed by atoms with E-state index in [9.17, 15) is 13.6 Å². The maximum atomic E-state index is 13.4. The van der Waals surface area contributed by atoms with Crippen LogP contribution in [-0.2, 0) is 11.2 Å². The molecule has 3 rings (SSSR count). The molecule has 0 spiro atoms. The van der Waals surface area contributed by atoms with Crippen molar-refractivity contribution in [2.24, 2.45) is 0 Å². The van der Waals surface area contributed by atoms with Gasteiger partial charge in [-0.2, -0.15) is 0 Å². The number of benzene rings is 2. The van der Waals surface area contributed by atoms with Crippen molar-refractivity contribution >= 4 is 5.91 Å². The first kappa shape index (κ1) is 14.7. The molecule has 1 atom stereocenters. The zero-order valence-corrected chi connectivity index (χ0v) is 12.1. The Balaban J connectivity index is 1.75. The minimum Gasteiger partial charge on any atom is -0.335 e. The molecule has 0 N–H and O–H groups in total. The number of carbonyl (C=O) groups is 1. The maximum Gasteiger partial charge on any atom is 0.227 e. The van der Waals surface area contributed by atoms with Gasteiger partial charge < -0.3 is 4.90 Å². The van der Waals surface area contributed by atoms with Crippen molar-refractivity contribution in [3.8, 4) is 0 Å². The van der Waals surface area contributed by atoms with Crippen LogP contribution in [0.25, 0.3) is 0 Å². The molecule has 0 saturated carbocycles. The molecule has 1 fully saturated rings. The molecule has 2 aromatic rings. The molecule has 2 nitrogen and oxygen atoms in total. The van der Waals surface area contributed by atoms with E-state index in [-0.39, 0.29) is 30.0 Å². The van der Waals surface area contributed by atoms with Gasteiger partial charge in [0.05, 0.1) is 12.5 Å². The van der Waals surface area contributed by atoms with E-state index in [1.165, 1.54) is 24.3 Å². The Morgan fingerprint density at radius 3 is 2.59 bits per heavy atom. The molecule has 0 aromatic heterocycles. The van der Waals surface area contributed by atoms with Crippen LogP contribution in [0.15, 0.2) is 48.5 Å². The van der Waals surface area contributed by atoms with E-state index < -0.39 is 0 Å². The van der Waals surface area contributed by atoms with Gasteiger partial charge in [-0.1, -0.05) is 24.3 Å². The third-order valence-corrected chi connectivity index (χ3v) is 4.08. The average molecular weight is 301 g/mol. The van der Waals surface area contributed by atoms with Gasteiger partial charge in [0.25, 0.3) is 0 Å². The molecule has 1 heterocycles. The molecule has 114 valence electrons. The Morgan fingerprint density at radius 2 is 1.86 bits per heavy atom. The van der Waals surface area contributed by atoms with Crippen LogP contribution in [-0.4, -0.2) is 17.4 Å². The molecule has 0 aliphatic carbocycles. The van der Waals surface area contributed by atoms with Crippen molar-refractivity contribution < 1.29 is 13.6 Å². The fraction of sp³-hybridized carbons (Fsp3) is 0.278. The SMILES string of the molecule is O=C(Cc1ccc(F)cc1)N1CCC[C@H]1c1cccc(F)c1. The Hall–Kier alpha value is -2.23. The van der Waals surface area contributed by atoms with Gasteiger partial charge in [-0.3, -0.25) is 4.79 Å². The molecular weight excluding hydrogens is 284 g/mol. The fourth-order valence-electron chi connectivity index (χ4n) is 3.00. The van der Waals surface area contributed by atoms with Crippen molar-refractivity contribution in [3.63, 3.8) is 0 Å². The number of hydrogen-bond acceptors (Lipinski definition) is 1. The molecule has 0 bridgehead atoms. The largest absolute Gasteiger partial charge is 0.335 e. The summed E-state index contributed by atoms with van der Waals surface area (Å²) < 4.78 is 26.3. The molecule has 1 saturated heterocycles. The molecule has 4 heteroatoms. The zero-order chi connectivity index (χ0) is 15.5. The fourth-order valence-corrected chi connectivity index (χ4v) is 3.00. The standard InChI is InChI=1S/C18H17F2NO/c19-15-8-6-13(7-9-15)11-18(22)21-10-2-5-17(21)14-3-1-4-16(20)12-14/h1,3-4,6-9,12,17H,2,5,10-11H2/t17-/m0/s1. The monoisotopic (exact) mass is 301 g/mol. The normalized spacial score (nSPS) is 17.7. The first-order chi connectivity index (χ1) is 10.6. The molecular formula is C18H17F2NO. The lowest BCUT2D eigenvalue weighted by molar-refractivity contribution is -0.131. The van der Waals surface area contributed by atoms with Crippen LogP contribution in [0.3, 0.4) is 0 Å². The maximum absolute atomic E-state index is 13.4. The summed E-state index contributed by atoms with van der Waals surface area (Å²) in [6, 6.07) is 12.3. The topological polar surface area (TPSA) is 20.3 Å². The summed E-state index contributed by atoms with van der Waals surface area (Å²) >= 11 is 0. The molecule has 1 aliphatic rings. The Kier molecular flexibility index (Phi) is 4.18. The van der Waals surface area contributed by atoms with Gasteiger partial charge in [0, 0.05) is 6.54 Å². The first-order valence-corrected chi connectivity index (χ1v) is 7.43. The molecule has 0 radical (unpaired) electrons. The zero-order valence-electron chi connectivity index (χ0n) is 12.1. The Morgan fingerprint density at radius 1 is 1.09 bits per heavy atom. The summed E-state index contributed by atoms with van der Waals surface area (Å²) in [6.07, 6.45) is 2.00. The lowest BCUT2D eigenvalue weighted by atomic mass is 10.0. The number of likely N-dealkylation sites (tertiary alicyclic amines) is 1. The van der Waals surface area contributed by atoms with Crippen LogP contribution in [0.2, 0.25) is 0 Å². The number of nitrogens with zero attached hydrogens (tertiary/aromatic N) is 1. The highest BCUT2D eigenvalue weighted by atomic mass is 19.1. The van der Waals surface area contributed by atoms with Crippen molar-refractivity contribution in [1.82, 2.24) is 4.90 Å². The van der Waals surface area contributed by atoms with Gasteiger partial charge >= 0.3 is 0 Å². The van der Waals surface area contributed by atoms with Crippen LogP contribution < -0.4 is 0 Å². The van der Waals surface area contributed by atoms with Crippen LogP contribution in [0.5, 0.6) is 0 Å². The number of carbonyl (C=O) groups excluding carboxylic acids is 1. The summed E-state index contributed by atoms with van der Waals surface area (Å²) in [7, 11) is 0. The van der Waals surface area contributed by atoms with Gasteiger partial charge in [-0.25, -0.2) is 8.78 Å². The van der Waals surface area contributed by atoms with Crippen LogP contribution >= 0.6 is 0 Å². The lowest BCUT2D eigenvalue weighted by Gasteiger charge is -2.25. The quantitative estimate of drug-likeness (QED) is 0.842. The predicted molar refractivity (Wildman–Crippen MR) is 80.2 cm³/mol. The Labute approximate surface area is 128 Å². The molecule has 0 unspecified atom stereocenters. The second-order valence-electron chi connectivity index (χ2n) is 5.60. The molecule has 22 heavy (non-hydrogen) atoms. The second kappa shape index (κ2) is 6.26. The van der Waals surface area contributed by atoms with E-state index in [0.717, 1.165) is 24.0 Å². The van der Waals surface area contributed by atoms with Crippen LogP contribution in [0, 0.1) is 11.6 Å². The predicted octanol–water partition coefficient (Wildman–Crippen LogP) is 3.87. The van der Waals surface area contributed by atoms with E-state index >= 15 is 0 Å². The lowest BCUT2D eigenvalue weighted by Crippen LogP contribution is -2.31. The summed E-state index contributed by atoms with van der Waals surface area (Å²) in [4.78, 5) is 14.3. The molecule has 2 aromatic carbocycles. The smallest absolute Gasteiger partial charge is 0.227 e. The van der Waals surface area contributed by atoms with E-state index in [1.54, 1.807) is 23.1 Å². The van der Waals surface area contributed by atoms with Crippen molar-refractivity contribution in [2.75, 3.05) is 6.54 Å². The van der Waals surface area contributed by atoms with Crippen LogP contribution in [0.4, 0.5) is 8.78 Å². The summed E-state index contributed by atoms with van der Waals surface area (Å²) in [6.45, 7) is 0.682. The highest BCUT2D eigenvalue weighted by Crippen LogP contribution is 2.32. The minimum absolute atomic E-state index is 0.00151. The first-order valence-electron chi connectivity index (χ1n) is 7.43. The van der Waals surface area contributed by atoms with Crippen LogP contribution in [0.1, 0.15) is 30.0 Å². The van der Waals surface area contributed by atoms with Gasteiger partial charge in [-0.15, -0.1) is 0 Å². The van der Waals surface area contributed by atoms with E-state index in [4.69, 9.17) is 0 Å². The van der Waals surface area contributed by atoms with Crippen molar-refractivity contribution in [2.45, 2.75) is 25.3 Å². The average Bonchev–Trinajstić information content (AvgIpc) is 2.99. The van der Waals surface area contributed by atoms with Gasteiger partial charge in [0.2, 0.25) is 5.91 Å². The molecule has 1 amide bonds. The highest BCUT2D eigenvalue weighted by Gasteiger charge is 2.29. The Bertz CT molecular complexity index is 669. The third-order valence-electron chi connectivity index (χ3n) is 4.08. The number of halogens is 2. The number of rotatable bonds is 3. The summed E-state index contributed by atoms with van der Waals surface area (Å²) in [5.74, 6) is -0.594. The minimum atomic E-state index is -0.310. The second-order valence-corrected chi connectivity index (χ2v) is 5.60. The van der Waals surface area contributed by atoms with Gasteiger partial charge in [0.15, 0.2) is 0 Å². The van der Waals surface area contributed by atoms with E-state index in [1.807, 2.05) is 6.07 Å². The summed E-state index contributed by atoms with van der Waals surface area (Å²) in [5, 5.41) is 0. The number of amides is 1. The third kappa shape index (κ3) is 3.16. The molecule has 1 aliphatic heterocycles. The van der Waals surface area contributed by atoms with Crippen molar-refractivity contribution in [3.05, 3.63) is 71.3 Å². The highest BCUT2D eigenvalue weighted by molar-refractivity contribution is 5.79. The van der Waals surface area contributed by atoms with Crippen molar-refractivity contribution in [1.29, 1.82) is 0 Å². The summed E-state index contributed by atoms with van der Waals surface area (Å²) in [5.41, 5.74) is 1.63. The van der Waals surface area contributed by atoms with Gasteiger partial charge in [0.1, 0.15) is 11.6 Å². The number of hydrogen-bond donors (Lipinski definition) is 0. The van der Waals surface area contributed by atoms with Gasteiger partial charge in [-0.05, 0) is 48.2 Å². The van der Waals surface area contributed by atoms with E-state index in [2.05, 4.69) is 0 Å².